The van der Waals surface area contributed by atoms with Crippen LogP contribution in [0.15, 0.2) is 42.5 Å². The van der Waals surface area contributed by atoms with Crippen LogP contribution in [0.2, 0.25) is 5.02 Å². The van der Waals surface area contributed by atoms with E-state index in [1.165, 1.54) is 12.1 Å². The summed E-state index contributed by atoms with van der Waals surface area (Å²) in [5, 5.41) is 14.2. The lowest BCUT2D eigenvalue weighted by molar-refractivity contribution is -0.117. The zero-order valence-corrected chi connectivity index (χ0v) is 17.2. The van der Waals surface area contributed by atoms with Gasteiger partial charge in [-0.2, -0.15) is 0 Å². The van der Waals surface area contributed by atoms with Gasteiger partial charge in [-0.25, -0.2) is 4.39 Å². The average Bonchev–Trinajstić information content (AvgIpc) is 2.84. The van der Waals surface area contributed by atoms with Crippen molar-refractivity contribution in [2.45, 2.75) is 31.8 Å². The van der Waals surface area contributed by atoms with Crippen molar-refractivity contribution in [3.8, 4) is 5.75 Å². The fourth-order valence-corrected chi connectivity index (χ4v) is 3.61. The van der Waals surface area contributed by atoms with Crippen LogP contribution in [0.4, 0.5) is 10.1 Å². The van der Waals surface area contributed by atoms with Crippen LogP contribution in [-0.4, -0.2) is 47.8 Å². The normalized spacial score (nSPS) is 20.1. The van der Waals surface area contributed by atoms with Crippen molar-refractivity contribution in [2.75, 3.05) is 31.6 Å². The van der Waals surface area contributed by atoms with Crippen LogP contribution in [0.1, 0.15) is 24.8 Å². The van der Waals surface area contributed by atoms with Crippen LogP contribution >= 0.6 is 11.6 Å². The van der Waals surface area contributed by atoms with Gasteiger partial charge in [-0.05, 0) is 68.6 Å². The minimum Gasteiger partial charge on any atom is -0.489 e. The lowest BCUT2D eigenvalue weighted by atomic mass is 9.96. The number of halogens is 2. The summed E-state index contributed by atoms with van der Waals surface area (Å²) in [5.74, 6) is -0.0316. The highest BCUT2D eigenvalue weighted by molar-refractivity contribution is 6.32. The van der Waals surface area contributed by atoms with Crippen LogP contribution in [0, 0.1) is 12.7 Å². The third-order valence-electron chi connectivity index (χ3n) is 5.07. The van der Waals surface area contributed by atoms with Crippen molar-refractivity contribution in [1.29, 1.82) is 0 Å². The Balaban J connectivity index is 1.51. The number of amides is 1. The summed E-state index contributed by atoms with van der Waals surface area (Å²) >= 11 is 6.17. The molecule has 2 aromatic carbocycles. The van der Waals surface area contributed by atoms with E-state index in [-0.39, 0.29) is 19.1 Å². The Morgan fingerprint density at radius 3 is 2.90 bits per heavy atom. The zero-order chi connectivity index (χ0) is 20.9. The highest BCUT2D eigenvalue weighted by Crippen LogP contribution is 2.29. The summed E-state index contributed by atoms with van der Waals surface area (Å²) in [6.07, 6.45) is 1.82. The minimum atomic E-state index is -0.971. The summed E-state index contributed by atoms with van der Waals surface area (Å²) in [6.45, 7) is 3.56. The minimum absolute atomic E-state index is 0.152. The Kier molecular flexibility index (Phi) is 7.11. The van der Waals surface area contributed by atoms with Gasteiger partial charge in [-0.3, -0.25) is 9.69 Å². The van der Waals surface area contributed by atoms with E-state index in [0.717, 1.165) is 12.0 Å². The van der Waals surface area contributed by atoms with Crippen molar-refractivity contribution in [2.24, 2.45) is 0 Å². The molecule has 1 fully saturated rings. The molecule has 5 nitrogen and oxygen atoms in total. The Labute approximate surface area is 175 Å². The number of hydrogen-bond acceptors (Lipinski definition) is 4. The van der Waals surface area contributed by atoms with Gasteiger partial charge in [0.15, 0.2) is 0 Å². The van der Waals surface area contributed by atoms with E-state index in [0.29, 0.717) is 42.4 Å². The van der Waals surface area contributed by atoms with E-state index in [4.69, 9.17) is 16.3 Å². The van der Waals surface area contributed by atoms with E-state index in [9.17, 15) is 14.3 Å². The van der Waals surface area contributed by atoms with E-state index < -0.39 is 11.4 Å². The first-order valence-electron chi connectivity index (χ1n) is 9.72. The van der Waals surface area contributed by atoms with Crippen molar-refractivity contribution in [1.82, 2.24) is 4.90 Å². The maximum absolute atomic E-state index is 13.2. The van der Waals surface area contributed by atoms with Crippen LogP contribution in [-0.2, 0) is 4.79 Å². The van der Waals surface area contributed by atoms with Gasteiger partial charge < -0.3 is 15.2 Å². The number of carbonyl (C=O) groups is 1. The lowest BCUT2D eigenvalue weighted by Crippen LogP contribution is -2.38. The second-order valence-corrected chi connectivity index (χ2v) is 8.04. The molecule has 1 heterocycles. The van der Waals surface area contributed by atoms with Crippen LogP contribution in [0.3, 0.4) is 0 Å². The van der Waals surface area contributed by atoms with E-state index >= 15 is 0 Å². The van der Waals surface area contributed by atoms with Crippen LogP contribution in [0.25, 0.3) is 0 Å². The highest BCUT2D eigenvalue weighted by Gasteiger charge is 2.31. The second-order valence-electron chi connectivity index (χ2n) is 7.64. The summed E-state index contributed by atoms with van der Waals surface area (Å²) < 4.78 is 19.1. The molecule has 2 N–H and O–H groups in total. The quantitative estimate of drug-likeness (QED) is 0.740. The largest absolute Gasteiger partial charge is 0.489 e. The number of aryl methyl sites for hydroxylation is 1. The maximum atomic E-state index is 13.2. The number of hydrogen-bond donors (Lipinski definition) is 2. The first-order valence-corrected chi connectivity index (χ1v) is 10.1. The van der Waals surface area contributed by atoms with Gasteiger partial charge in [0, 0.05) is 12.2 Å². The molecule has 1 aliphatic heterocycles. The topological polar surface area (TPSA) is 61.8 Å². The van der Waals surface area contributed by atoms with Crippen molar-refractivity contribution >= 4 is 23.2 Å². The Hall–Kier alpha value is -2.15. The smallest absolute Gasteiger partial charge is 0.238 e. The monoisotopic (exact) mass is 420 g/mol. The molecule has 3 rings (SSSR count). The standard InChI is InChI=1S/C22H26ClFN2O3/c1-16-6-7-19(23)20(12-16)29-15-22(28)8-3-10-26(11-9-22)14-21(27)25-18-5-2-4-17(24)13-18/h2,4-7,12-13,28H,3,8-11,14-15H2,1H3,(H,25,27). The Bertz CT molecular complexity index is 864. The number of ether oxygens (including phenoxy) is 1. The molecular formula is C22H26ClFN2O3. The van der Waals surface area contributed by atoms with Gasteiger partial charge >= 0.3 is 0 Å². The van der Waals surface area contributed by atoms with Gasteiger partial charge in [0.1, 0.15) is 18.2 Å². The number of nitrogens with zero attached hydrogens (tertiary/aromatic N) is 1. The van der Waals surface area contributed by atoms with Gasteiger partial charge in [-0.15, -0.1) is 0 Å². The first-order chi connectivity index (χ1) is 13.8. The van der Waals surface area contributed by atoms with Gasteiger partial charge in [-0.1, -0.05) is 23.7 Å². The number of aliphatic hydroxyl groups is 1. The molecule has 0 bridgehead atoms. The van der Waals surface area contributed by atoms with Gasteiger partial charge in [0.25, 0.3) is 0 Å². The molecule has 0 aliphatic carbocycles. The average molecular weight is 421 g/mol. The molecule has 1 amide bonds. The number of rotatable bonds is 6. The predicted octanol–water partition coefficient (Wildman–Crippen LogP) is 4.02. The number of benzene rings is 2. The van der Waals surface area contributed by atoms with Gasteiger partial charge in [0.05, 0.1) is 17.2 Å². The van der Waals surface area contributed by atoms with Crippen molar-refractivity contribution < 1.29 is 19.0 Å². The first kappa shape index (κ1) is 21.6. The molecule has 29 heavy (non-hydrogen) atoms. The van der Waals surface area contributed by atoms with Crippen molar-refractivity contribution in [3.63, 3.8) is 0 Å². The predicted molar refractivity (Wildman–Crippen MR) is 112 cm³/mol. The lowest BCUT2D eigenvalue weighted by Gasteiger charge is -2.27. The fraction of sp³-hybridized carbons (Fsp3) is 0.409. The fourth-order valence-electron chi connectivity index (χ4n) is 3.44. The number of anilines is 1. The summed E-state index contributed by atoms with van der Waals surface area (Å²) in [7, 11) is 0. The molecular weight excluding hydrogens is 395 g/mol. The van der Waals surface area contributed by atoms with E-state index in [1.54, 1.807) is 18.2 Å². The molecule has 1 unspecified atom stereocenters. The molecule has 1 atom stereocenters. The molecule has 0 radical (unpaired) electrons. The third kappa shape index (κ3) is 6.42. The Morgan fingerprint density at radius 2 is 2.10 bits per heavy atom. The SMILES string of the molecule is Cc1ccc(Cl)c(OCC2(O)CCCN(CC(=O)Nc3cccc(F)c3)CC2)c1. The molecule has 0 spiro atoms. The maximum Gasteiger partial charge on any atom is 0.238 e. The highest BCUT2D eigenvalue weighted by atomic mass is 35.5. The van der Waals surface area contributed by atoms with E-state index in [2.05, 4.69) is 5.32 Å². The number of likely N-dealkylation sites (tertiary alicyclic amines) is 1. The van der Waals surface area contributed by atoms with Crippen LogP contribution < -0.4 is 10.1 Å². The van der Waals surface area contributed by atoms with Crippen molar-refractivity contribution in [3.05, 3.63) is 58.9 Å². The van der Waals surface area contributed by atoms with Crippen LogP contribution in [0.5, 0.6) is 5.75 Å². The molecule has 2 aromatic rings. The third-order valence-corrected chi connectivity index (χ3v) is 5.38. The number of nitrogens with one attached hydrogen (secondary N) is 1. The molecule has 0 saturated carbocycles. The number of carbonyl (C=O) groups excluding carboxylic acids is 1. The molecule has 1 aliphatic rings. The zero-order valence-electron chi connectivity index (χ0n) is 16.5. The summed E-state index contributed by atoms with van der Waals surface area (Å²) in [6, 6.07) is 11.4. The molecule has 156 valence electrons. The molecule has 1 saturated heterocycles. The second kappa shape index (κ2) is 9.57. The summed E-state index contributed by atoms with van der Waals surface area (Å²) in [4.78, 5) is 14.3. The Morgan fingerprint density at radius 1 is 1.28 bits per heavy atom. The molecule has 0 aromatic heterocycles. The van der Waals surface area contributed by atoms with Gasteiger partial charge in [0.2, 0.25) is 5.91 Å². The summed E-state index contributed by atoms with van der Waals surface area (Å²) in [5.41, 5.74) is 0.499. The van der Waals surface area contributed by atoms with E-state index in [1.807, 2.05) is 24.0 Å². The molecule has 7 heteroatoms.